The zero-order valence-corrected chi connectivity index (χ0v) is 8.59. The minimum Gasteiger partial charge on any atom is -0.465 e. The number of hydrogen-bond donors (Lipinski definition) is 1. The van der Waals surface area contributed by atoms with Crippen molar-refractivity contribution >= 4 is 6.09 Å². The van der Waals surface area contributed by atoms with Gasteiger partial charge in [-0.15, -0.1) is 0 Å². The van der Waals surface area contributed by atoms with E-state index in [1.165, 1.54) is 4.90 Å². The predicted molar refractivity (Wildman–Crippen MR) is 49.3 cm³/mol. The van der Waals surface area contributed by atoms with E-state index >= 15 is 0 Å². The van der Waals surface area contributed by atoms with Crippen molar-refractivity contribution in [2.75, 3.05) is 7.05 Å². The molecule has 1 atom stereocenters. The summed E-state index contributed by atoms with van der Waals surface area (Å²) in [6.45, 7) is 8.05. The van der Waals surface area contributed by atoms with Gasteiger partial charge in [0.15, 0.2) is 0 Å². The van der Waals surface area contributed by atoms with Crippen LogP contribution in [-0.2, 0) is 0 Å². The molecule has 0 spiro atoms. The first-order valence-corrected chi connectivity index (χ1v) is 4.30. The second-order valence-corrected chi connectivity index (χ2v) is 3.80. The van der Waals surface area contributed by atoms with E-state index in [1.807, 2.05) is 13.8 Å². The molecular formula is C9H19NO2. The first kappa shape index (κ1) is 11.3. The Morgan fingerprint density at radius 1 is 1.58 bits per heavy atom. The van der Waals surface area contributed by atoms with Crippen LogP contribution in [-0.4, -0.2) is 28.7 Å². The fourth-order valence-electron chi connectivity index (χ4n) is 1.08. The summed E-state index contributed by atoms with van der Waals surface area (Å²) in [5, 5.41) is 8.79. The number of nitrogens with zero attached hydrogens (tertiary/aromatic N) is 1. The van der Waals surface area contributed by atoms with Crippen LogP contribution in [0.4, 0.5) is 4.79 Å². The number of hydrogen-bond acceptors (Lipinski definition) is 1. The highest BCUT2D eigenvalue weighted by Gasteiger charge is 2.31. The van der Waals surface area contributed by atoms with E-state index in [-0.39, 0.29) is 5.54 Å². The summed E-state index contributed by atoms with van der Waals surface area (Å²) >= 11 is 0. The average molecular weight is 173 g/mol. The Hall–Kier alpha value is -0.730. The molecule has 1 N–H and O–H groups in total. The lowest BCUT2D eigenvalue weighted by molar-refractivity contribution is 0.0801. The molecule has 1 amide bonds. The van der Waals surface area contributed by atoms with Crippen molar-refractivity contribution in [3.05, 3.63) is 0 Å². The van der Waals surface area contributed by atoms with Crippen molar-refractivity contribution in [1.29, 1.82) is 0 Å². The van der Waals surface area contributed by atoms with Gasteiger partial charge >= 0.3 is 6.09 Å². The van der Waals surface area contributed by atoms with Gasteiger partial charge in [0.25, 0.3) is 0 Å². The van der Waals surface area contributed by atoms with Gasteiger partial charge in [-0.1, -0.05) is 20.3 Å². The largest absolute Gasteiger partial charge is 0.465 e. The normalized spacial score (nSPS) is 14.1. The van der Waals surface area contributed by atoms with Gasteiger partial charge in [0.05, 0.1) is 0 Å². The highest BCUT2D eigenvalue weighted by Crippen LogP contribution is 2.25. The maximum atomic E-state index is 10.7. The summed E-state index contributed by atoms with van der Waals surface area (Å²) in [7, 11) is 1.62. The molecule has 3 nitrogen and oxygen atoms in total. The molecule has 0 rings (SSSR count). The highest BCUT2D eigenvalue weighted by molar-refractivity contribution is 5.65. The number of carbonyl (C=O) groups is 1. The molecule has 0 radical (unpaired) electrons. The summed E-state index contributed by atoms with van der Waals surface area (Å²) < 4.78 is 0. The molecule has 12 heavy (non-hydrogen) atoms. The van der Waals surface area contributed by atoms with E-state index in [4.69, 9.17) is 5.11 Å². The highest BCUT2D eigenvalue weighted by atomic mass is 16.4. The Morgan fingerprint density at radius 2 is 2.00 bits per heavy atom. The standard InChI is InChI=1S/C9H19NO2/c1-6-7(2)9(3,4)10(5)8(11)12/h7H,6H2,1-5H3,(H,11,12)/t7-/m0/s1. The molecular weight excluding hydrogens is 154 g/mol. The van der Waals surface area contributed by atoms with E-state index in [2.05, 4.69) is 13.8 Å². The lowest BCUT2D eigenvalue weighted by Crippen LogP contribution is -2.48. The molecule has 0 saturated carbocycles. The molecule has 72 valence electrons. The van der Waals surface area contributed by atoms with Crippen molar-refractivity contribution < 1.29 is 9.90 Å². The Labute approximate surface area is 74.4 Å². The number of carboxylic acid groups (broad SMARTS) is 1. The molecule has 0 aromatic rings. The van der Waals surface area contributed by atoms with Crippen LogP contribution in [0.25, 0.3) is 0 Å². The third kappa shape index (κ3) is 2.13. The van der Waals surface area contributed by atoms with Gasteiger partial charge in [0.2, 0.25) is 0 Å². The van der Waals surface area contributed by atoms with Crippen LogP contribution >= 0.6 is 0 Å². The maximum Gasteiger partial charge on any atom is 0.407 e. The van der Waals surface area contributed by atoms with Gasteiger partial charge in [-0.2, -0.15) is 0 Å². The van der Waals surface area contributed by atoms with Gasteiger partial charge in [0, 0.05) is 12.6 Å². The number of amides is 1. The summed E-state index contributed by atoms with van der Waals surface area (Å²) in [5.74, 6) is 0.374. The smallest absolute Gasteiger partial charge is 0.407 e. The van der Waals surface area contributed by atoms with E-state index in [9.17, 15) is 4.79 Å². The van der Waals surface area contributed by atoms with E-state index in [1.54, 1.807) is 7.05 Å². The zero-order valence-electron chi connectivity index (χ0n) is 8.59. The van der Waals surface area contributed by atoms with Crippen LogP contribution in [0, 0.1) is 5.92 Å². The Kier molecular flexibility index (Phi) is 3.55. The quantitative estimate of drug-likeness (QED) is 0.712. The van der Waals surface area contributed by atoms with Crippen molar-refractivity contribution in [3.8, 4) is 0 Å². The predicted octanol–water partition coefficient (Wildman–Crippen LogP) is 2.42. The maximum absolute atomic E-state index is 10.7. The molecule has 0 fully saturated rings. The van der Waals surface area contributed by atoms with Crippen molar-refractivity contribution in [2.45, 2.75) is 39.7 Å². The van der Waals surface area contributed by atoms with Crippen molar-refractivity contribution in [3.63, 3.8) is 0 Å². The molecule has 0 unspecified atom stereocenters. The molecule has 0 aromatic heterocycles. The third-order valence-corrected chi connectivity index (χ3v) is 2.97. The van der Waals surface area contributed by atoms with Gasteiger partial charge in [0.1, 0.15) is 0 Å². The molecule has 0 saturated heterocycles. The van der Waals surface area contributed by atoms with E-state index in [0.717, 1.165) is 6.42 Å². The number of rotatable bonds is 3. The van der Waals surface area contributed by atoms with Gasteiger partial charge in [-0.05, 0) is 19.8 Å². The average Bonchev–Trinajstić information content (AvgIpc) is 2.01. The van der Waals surface area contributed by atoms with Gasteiger partial charge < -0.3 is 10.0 Å². The second-order valence-electron chi connectivity index (χ2n) is 3.80. The lowest BCUT2D eigenvalue weighted by Gasteiger charge is -2.38. The van der Waals surface area contributed by atoms with Crippen LogP contribution in [0.2, 0.25) is 0 Å². The second kappa shape index (κ2) is 3.78. The molecule has 0 aliphatic rings. The molecule has 0 aliphatic carbocycles. The van der Waals surface area contributed by atoms with E-state index < -0.39 is 6.09 Å². The molecule has 0 bridgehead atoms. The fraction of sp³-hybridized carbons (Fsp3) is 0.889. The third-order valence-electron chi connectivity index (χ3n) is 2.97. The van der Waals surface area contributed by atoms with Crippen LogP contribution < -0.4 is 0 Å². The molecule has 0 aliphatic heterocycles. The first-order valence-electron chi connectivity index (χ1n) is 4.30. The van der Waals surface area contributed by atoms with Crippen molar-refractivity contribution in [1.82, 2.24) is 4.90 Å². The van der Waals surface area contributed by atoms with Crippen LogP contribution in [0.1, 0.15) is 34.1 Å². The first-order chi connectivity index (χ1) is 5.34. The van der Waals surface area contributed by atoms with Crippen LogP contribution in [0.15, 0.2) is 0 Å². The minimum absolute atomic E-state index is 0.277. The van der Waals surface area contributed by atoms with Crippen molar-refractivity contribution in [2.24, 2.45) is 5.92 Å². The minimum atomic E-state index is -0.861. The molecule has 0 aromatic carbocycles. The zero-order chi connectivity index (χ0) is 9.94. The van der Waals surface area contributed by atoms with Gasteiger partial charge in [-0.25, -0.2) is 4.79 Å². The Morgan fingerprint density at radius 3 is 2.25 bits per heavy atom. The SMILES string of the molecule is CC[C@H](C)C(C)(C)N(C)C(=O)O. The molecule has 3 heteroatoms. The summed E-state index contributed by atoms with van der Waals surface area (Å²) in [6.07, 6.45) is 0.130. The Bertz CT molecular complexity index is 166. The molecule has 0 heterocycles. The lowest BCUT2D eigenvalue weighted by atomic mass is 9.86. The van der Waals surface area contributed by atoms with Gasteiger partial charge in [-0.3, -0.25) is 0 Å². The topological polar surface area (TPSA) is 40.5 Å². The monoisotopic (exact) mass is 173 g/mol. The van der Waals surface area contributed by atoms with E-state index in [0.29, 0.717) is 5.92 Å². The van der Waals surface area contributed by atoms with Crippen LogP contribution in [0.3, 0.4) is 0 Å². The Balaban J connectivity index is 4.48. The summed E-state index contributed by atoms with van der Waals surface area (Å²) in [5.41, 5.74) is -0.277. The summed E-state index contributed by atoms with van der Waals surface area (Å²) in [6, 6.07) is 0. The summed E-state index contributed by atoms with van der Waals surface area (Å²) in [4.78, 5) is 12.1. The fourth-order valence-corrected chi connectivity index (χ4v) is 1.08. The van der Waals surface area contributed by atoms with Crippen LogP contribution in [0.5, 0.6) is 0 Å².